The molecule has 0 aliphatic carbocycles. The van der Waals surface area contributed by atoms with E-state index < -0.39 is 0 Å². The average Bonchev–Trinajstić information content (AvgIpc) is 2.44. The molecule has 3 heteroatoms. The molecule has 1 aliphatic heterocycles. The van der Waals surface area contributed by atoms with Crippen molar-refractivity contribution in [3.05, 3.63) is 18.0 Å². The summed E-state index contributed by atoms with van der Waals surface area (Å²) in [6.45, 7) is 7.81. The highest BCUT2D eigenvalue weighted by atomic mass is 15.3. The molecule has 13 heavy (non-hydrogen) atoms. The molecule has 1 aliphatic rings. The fraction of sp³-hybridized carbons (Fsp3) is 0.700. The maximum atomic E-state index is 4.35. The van der Waals surface area contributed by atoms with E-state index in [1.807, 2.05) is 6.20 Å². The lowest BCUT2D eigenvalue weighted by atomic mass is 10.0. The Hall–Kier alpha value is -0.830. The third kappa shape index (κ3) is 1.75. The first-order valence-electron chi connectivity index (χ1n) is 5.00. The Morgan fingerprint density at radius 3 is 2.92 bits per heavy atom. The first-order valence-corrected chi connectivity index (χ1v) is 5.00. The molecule has 72 valence electrons. The molecule has 0 aromatic carbocycles. The Labute approximate surface area is 79.1 Å². The van der Waals surface area contributed by atoms with Crippen LogP contribution in [-0.4, -0.2) is 22.9 Å². The number of hydrogen-bond acceptors (Lipinski definition) is 2. The average molecular weight is 179 g/mol. The molecule has 0 amide bonds. The van der Waals surface area contributed by atoms with Crippen molar-refractivity contribution in [3.63, 3.8) is 0 Å². The second-order valence-corrected chi connectivity index (χ2v) is 4.12. The van der Waals surface area contributed by atoms with Gasteiger partial charge in [0.25, 0.3) is 0 Å². The van der Waals surface area contributed by atoms with Crippen LogP contribution in [0.25, 0.3) is 0 Å². The van der Waals surface area contributed by atoms with Crippen LogP contribution >= 0.6 is 0 Å². The van der Waals surface area contributed by atoms with Crippen molar-refractivity contribution in [3.8, 4) is 0 Å². The monoisotopic (exact) mass is 179 g/mol. The summed E-state index contributed by atoms with van der Waals surface area (Å²) in [4.78, 5) is 0. The first-order chi connectivity index (χ1) is 6.27. The summed E-state index contributed by atoms with van der Waals surface area (Å²) in [5.41, 5.74) is 1.35. The van der Waals surface area contributed by atoms with E-state index in [1.165, 1.54) is 5.69 Å². The number of hydrogen-bond donors (Lipinski definition) is 1. The van der Waals surface area contributed by atoms with Crippen LogP contribution < -0.4 is 5.32 Å². The Balaban J connectivity index is 2.05. The van der Waals surface area contributed by atoms with Crippen LogP contribution in [0.4, 0.5) is 0 Å². The van der Waals surface area contributed by atoms with Crippen LogP contribution in [-0.2, 0) is 6.54 Å². The molecule has 0 spiro atoms. The van der Waals surface area contributed by atoms with E-state index in [-0.39, 0.29) is 0 Å². The lowest BCUT2D eigenvalue weighted by molar-refractivity contribution is 0.290. The number of nitrogens with zero attached hydrogens (tertiary/aromatic N) is 2. The number of rotatable bonds is 3. The van der Waals surface area contributed by atoms with Crippen LogP contribution in [0.2, 0.25) is 0 Å². The summed E-state index contributed by atoms with van der Waals surface area (Å²) in [5, 5.41) is 7.63. The van der Waals surface area contributed by atoms with Gasteiger partial charge in [0.2, 0.25) is 0 Å². The zero-order valence-electron chi connectivity index (χ0n) is 8.33. The molecule has 0 saturated carbocycles. The molecule has 0 atom stereocenters. The molecule has 0 bridgehead atoms. The van der Waals surface area contributed by atoms with Gasteiger partial charge in [-0.1, -0.05) is 13.8 Å². The van der Waals surface area contributed by atoms with Gasteiger partial charge in [-0.25, -0.2) is 0 Å². The third-order valence-corrected chi connectivity index (χ3v) is 2.64. The summed E-state index contributed by atoms with van der Waals surface area (Å²) in [5.74, 6) is 1.37. The summed E-state index contributed by atoms with van der Waals surface area (Å²) in [7, 11) is 0. The Bertz CT molecular complexity index is 273. The Kier molecular flexibility index (Phi) is 2.36. The molecular weight excluding hydrogens is 162 g/mol. The molecule has 1 N–H and O–H groups in total. The second-order valence-electron chi connectivity index (χ2n) is 4.12. The topological polar surface area (TPSA) is 29.9 Å². The van der Waals surface area contributed by atoms with Gasteiger partial charge >= 0.3 is 0 Å². The van der Waals surface area contributed by atoms with E-state index >= 15 is 0 Å². The summed E-state index contributed by atoms with van der Waals surface area (Å²) >= 11 is 0. The molecule has 3 nitrogen and oxygen atoms in total. The maximum Gasteiger partial charge on any atom is 0.0492 e. The fourth-order valence-electron chi connectivity index (χ4n) is 1.71. The van der Waals surface area contributed by atoms with Crippen molar-refractivity contribution in [2.75, 3.05) is 13.1 Å². The molecule has 0 radical (unpaired) electrons. The van der Waals surface area contributed by atoms with Gasteiger partial charge in [-0.3, -0.25) is 4.68 Å². The molecule has 2 heterocycles. The Morgan fingerprint density at radius 1 is 1.62 bits per heavy atom. The summed E-state index contributed by atoms with van der Waals surface area (Å²) < 4.78 is 2.15. The molecule has 2 rings (SSSR count). The van der Waals surface area contributed by atoms with Gasteiger partial charge in [0.05, 0.1) is 0 Å². The van der Waals surface area contributed by atoms with Crippen molar-refractivity contribution in [1.82, 2.24) is 15.1 Å². The van der Waals surface area contributed by atoms with Crippen molar-refractivity contribution in [2.45, 2.75) is 26.3 Å². The number of aromatic nitrogens is 2. The SMILES string of the molecule is CC(C)c1ccnn1CC1CNC1. The minimum Gasteiger partial charge on any atom is -0.316 e. The quantitative estimate of drug-likeness (QED) is 0.756. The highest BCUT2D eigenvalue weighted by molar-refractivity contribution is 5.05. The van der Waals surface area contributed by atoms with Crippen molar-refractivity contribution < 1.29 is 0 Å². The van der Waals surface area contributed by atoms with Crippen molar-refractivity contribution >= 4 is 0 Å². The van der Waals surface area contributed by atoms with Gasteiger partial charge < -0.3 is 5.32 Å². The maximum absolute atomic E-state index is 4.35. The fourth-order valence-corrected chi connectivity index (χ4v) is 1.71. The van der Waals surface area contributed by atoms with E-state index in [0.717, 1.165) is 25.6 Å². The van der Waals surface area contributed by atoms with Gasteiger partial charge in [0, 0.05) is 37.4 Å². The zero-order chi connectivity index (χ0) is 9.26. The van der Waals surface area contributed by atoms with E-state index in [1.54, 1.807) is 0 Å². The van der Waals surface area contributed by atoms with Gasteiger partial charge in [-0.05, 0) is 12.0 Å². The van der Waals surface area contributed by atoms with Gasteiger partial charge in [-0.2, -0.15) is 5.10 Å². The second kappa shape index (κ2) is 3.50. The molecule has 1 saturated heterocycles. The third-order valence-electron chi connectivity index (χ3n) is 2.64. The molecule has 1 aromatic heterocycles. The zero-order valence-corrected chi connectivity index (χ0v) is 8.33. The predicted octanol–water partition coefficient (Wildman–Crippen LogP) is 1.23. The molecular formula is C10H17N3. The van der Waals surface area contributed by atoms with E-state index in [4.69, 9.17) is 0 Å². The minimum atomic E-state index is 0.579. The van der Waals surface area contributed by atoms with Crippen LogP contribution in [0.1, 0.15) is 25.5 Å². The first kappa shape index (κ1) is 8.75. The predicted molar refractivity (Wildman–Crippen MR) is 52.7 cm³/mol. The smallest absolute Gasteiger partial charge is 0.0492 e. The normalized spacial score (nSPS) is 17.8. The number of nitrogens with one attached hydrogen (secondary N) is 1. The molecule has 1 aromatic rings. The highest BCUT2D eigenvalue weighted by Gasteiger charge is 2.18. The summed E-state index contributed by atoms with van der Waals surface area (Å²) in [6, 6.07) is 2.12. The van der Waals surface area contributed by atoms with Crippen molar-refractivity contribution in [2.24, 2.45) is 5.92 Å². The van der Waals surface area contributed by atoms with E-state index in [9.17, 15) is 0 Å². The summed E-state index contributed by atoms with van der Waals surface area (Å²) in [6.07, 6.45) is 1.90. The van der Waals surface area contributed by atoms with Gasteiger partial charge in [-0.15, -0.1) is 0 Å². The van der Waals surface area contributed by atoms with Crippen LogP contribution in [0, 0.1) is 5.92 Å². The lowest BCUT2D eigenvalue weighted by Gasteiger charge is -2.27. The van der Waals surface area contributed by atoms with Gasteiger partial charge in [0.15, 0.2) is 0 Å². The lowest BCUT2D eigenvalue weighted by Crippen LogP contribution is -2.44. The Morgan fingerprint density at radius 2 is 2.38 bits per heavy atom. The van der Waals surface area contributed by atoms with Gasteiger partial charge in [0.1, 0.15) is 0 Å². The molecule has 1 fully saturated rings. The van der Waals surface area contributed by atoms with E-state index in [0.29, 0.717) is 5.92 Å². The van der Waals surface area contributed by atoms with Crippen LogP contribution in [0.5, 0.6) is 0 Å². The van der Waals surface area contributed by atoms with Crippen molar-refractivity contribution in [1.29, 1.82) is 0 Å². The molecule has 0 unspecified atom stereocenters. The minimum absolute atomic E-state index is 0.579. The standard InChI is InChI=1S/C10H17N3/c1-8(2)10-3-4-12-13(10)7-9-5-11-6-9/h3-4,8-9,11H,5-7H2,1-2H3. The van der Waals surface area contributed by atoms with E-state index in [2.05, 4.69) is 35.0 Å². The largest absolute Gasteiger partial charge is 0.316 e. The van der Waals surface area contributed by atoms with Crippen LogP contribution in [0.15, 0.2) is 12.3 Å². The van der Waals surface area contributed by atoms with Crippen LogP contribution in [0.3, 0.4) is 0 Å². The highest BCUT2D eigenvalue weighted by Crippen LogP contribution is 2.15.